The van der Waals surface area contributed by atoms with Crippen LogP contribution in [-0.2, 0) is 0 Å². The van der Waals surface area contributed by atoms with E-state index < -0.39 is 0 Å². The van der Waals surface area contributed by atoms with Gasteiger partial charge in [0.15, 0.2) is 0 Å². The van der Waals surface area contributed by atoms with Crippen LogP contribution in [0.25, 0.3) is 16.6 Å². The molecule has 0 saturated carbocycles. The SMILES string of the molecule is C/C(=C\N)c1nc2ccccc2nc1C(C)C. The molecule has 1 aromatic heterocycles. The van der Waals surface area contributed by atoms with E-state index in [2.05, 4.69) is 23.8 Å². The highest BCUT2D eigenvalue weighted by molar-refractivity contribution is 5.77. The topological polar surface area (TPSA) is 51.8 Å². The highest BCUT2D eigenvalue weighted by Crippen LogP contribution is 2.24. The third-order valence-corrected chi connectivity index (χ3v) is 2.77. The monoisotopic (exact) mass is 227 g/mol. The van der Waals surface area contributed by atoms with Crippen LogP contribution >= 0.6 is 0 Å². The number of fused-ring (bicyclic) bond motifs is 1. The number of allylic oxidation sites excluding steroid dienone is 1. The Kier molecular flexibility index (Phi) is 3.09. The lowest BCUT2D eigenvalue weighted by molar-refractivity contribution is 0.815. The summed E-state index contributed by atoms with van der Waals surface area (Å²) in [4.78, 5) is 9.34. The lowest BCUT2D eigenvalue weighted by Crippen LogP contribution is -2.03. The number of hydrogen-bond acceptors (Lipinski definition) is 3. The Balaban J connectivity index is 2.75. The van der Waals surface area contributed by atoms with E-state index >= 15 is 0 Å². The van der Waals surface area contributed by atoms with Crippen molar-refractivity contribution < 1.29 is 0 Å². The van der Waals surface area contributed by atoms with Gasteiger partial charge in [0.05, 0.1) is 22.4 Å². The summed E-state index contributed by atoms with van der Waals surface area (Å²) >= 11 is 0. The molecule has 1 heterocycles. The van der Waals surface area contributed by atoms with E-state index in [0.717, 1.165) is 28.0 Å². The van der Waals surface area contributed by atoms with Crippen molar-refractivity contribution in [1.82, 2.24) is 9.97 Å². The first-order valence-corrected chi connectivity index (χ1v) is 5.79. The van der Waals surface area contributed by atoms with Crippen LogP contribution in [0.3, 0.4) is 0 Å². The lowest BCUT2D eigenvalue weighted by Gasteiger charge is -2.12. The third-order valence-electron chi connectivity index (χ3n) is 2.77. The van der Waals surface area contributed by atoms with Gasteiger partial charge in [0.2, 0.25) is 0 Å². The molecule has 1 aromatic carbocycles. The Morgan fingerprint density at radius 2 is 1.76 bits per heavy atom. The van der Waals surface area contributed by atoms with Crippen LogP contribution in [0, 0.1) is 0 Å². The van der Waals surface area contributed by atoms with Crippen molar-refractivity contribution >= 4 is 16.6 Å². The van der Waals surface area contributed by atoms with Crippen LogP contribution < -0.4 is 5.73 Å². The molecule has 3 nitrogen and oxygen atoms in total. The molecule has 0 amide bonds. The Morgan fingerprint density at radius 3 is 2.29 bits per heavy atom. The maximum Gasteiger partial charge on any atom is 0.0898 e. The maximum atomic E-state index is 5.59. The number of benzene rings is 1. The van der Waals surface area contributed by atoms with Gasteiger partial charge in [-0.15, -0.1) is 0 Å². The third kappa shape index (κ3) is 2.13. The summed E-state index contributed by atoms with van der Waals surface area (Å²) < 4.78 is 0. The average molecular weight is 227 g/mol. The normalized spacial score (nSPS) is 12.4. The number of nitrogens with two attached hydrogens (primary N) is 1. The van der Waals surface area contributed by atoms with Gasteiger partial charge in [-0.1, -0.05) is 26.0 Å². The highest BCUT2D eigenvalue weighted by atomic mass is 14.8. The first-order chi connectivity index (χ1) is 8.13. The van der Waals surface area contributed by atoms with E-state index in [0.29, 0.717) is 5.92 Å². The molecule has 0 aliphatic heterocycles. The lowest BCUT2D eigenvalue weighted by atomic mass is 10.0. The zero-order valence-electron chi connectivity index (χ0n) is 10.4. The zero-order valence-corrected chi connectivity index (χ0v) is 10.4. The second-order valence-corrected chi connectivity index (χ2v) is 4.45. The summed E-state index contributed by atoms with van der Waals surface area (Å²) in [5.41, 5.74) is 10.3. The van der Waals surface area contributed by atoms with E-state index in [1.807, 2.05) is 31.2 Å². The standard InChI is InChI=1S/C14H17N3/c1-9(2)13-14(10(3)8-15)17-12-7-5-4-6-11(12)16-13/h4-9H,15H2,1-3H3/b10-8+. The van der Waals surface area contributed by atoms with Gasteiger partial charge < -0.3 is 5.73 Å². The van der Waals surface area contributed by atoms with E-state index in [1.165, 1.54) is 0 Å². The van der Waals surface area contributed by atoms with Crippen molar-refractivity contribution in [3.63, 3.8) is 0 Å². The van der Waals surface area contributed by atoms with Gasteiger partial charge in [-0.2, -0.15) is 0 Å². The van der Waals surface area contributed by atoms with Gasteiger partial charge in [-0.05, 0) is 36.7 Å². The van der Waals surface area contributed by atoms with Crippen LogP contribution in [0.4, 0.5) is 0 Å². The summed E-state index contributed by atoms with van der Waals surface area (Å²) in [5.74, 6) is 0.331. The van der Waals surface area contributed by atoms with Crippen molar-refractivity contribution in [2.75, 3.05) is 0 Å². The first kappa shape index (κ1) is 11.6. The predicted octanol–water partition coefficient (Wildman–Crippen LogP) is 3.07. The van der Waals surface area contributed by atoms with Gasteiger partial charge in [0, 0.05) is 0 Å². The van der Waals surface area contributed by atoms with Gasteiger partial charge >= 0.3 is 0 Å². The number of rotatable bonds is 2. The maximum absolute atomic E-state index is 5.59. The second kappa shape index (κ2) is 4.53. The molecular formula is C14H17N3. The molecule has 88 valence electrons. The smallest absolute Gasteiger partial charge is 0.0898 e. The highest BCUT2D eigenvalue weighted by Gasteiger charge is 2.12. The number of para-hydroxylation sites is 2. The van der Waals surface area contributed by atoms with Crippen LogP contribution in [0.5, 0.6) is 0 Å². The van der Waals surface area contributed by atoms with Crippen molar-refractivity contribution in [2.45, 2.75) is 26.7 Å². The summed E-state index contributed by atoms with van der Waals surface area (Å²) in [6.45, 7) is 6.20. The number of nitrogens with zero attached hydrogens (tertiary/aromatic N) is 2. The van der Waals surface area contributed by atoms with Gasteiger partial charge in [0.25, 0.3) is 0 Å². The predicted molar refractivity (Wildman–Crippen MR) is 71.5 cm³/mol. The number of hydrogen-bond donors (Lipinski definition) is 1. The molecule has 0 radical (unpaired) electrons. The van der Waals surface area contributed by atoms with Gasteiger partial charge in [-0.25, -0.2) is 9.97 Å². The minimum Gasteiger partial charge on any atom is -0.404 e. The Hall–Kier alpha value is -1.90. The molecule has 0 saturated heterocycles. The summed E-state index contributed by atoms with van der Waals surface area (Å²) in [6, 6.07) is 7.91. The van der Waals surface area contributed by atoms with Crippen LogP contribution in [0.2, 0.25) is 0 Å². The van der Waals surface area contributed by atoms with Gasteiger partial charge in [-0.3, -0.25) is 0 Å². The Labute approximate surface area is 101 Å². The largest absolute Gasteiger partial charge is 0.404 e. The van der Waals surface area contributed by atoms with Crippen LogP contribution in [0.1, 0.15) is 38.1 Å². The molecule has 3 heteroatoms. The first-order valence-electron chi connectivity index (χ1n) is 5.79. The Morgan fingerprint density at radius 1 is 1.18 bits per heavy atom. The second-order valence-electron chi connectivity index (χ2n) is 4.45. The minimum atomic E-state index is 0.331. The molecule has 0 atom stereocenters. The quantitative estimate of drug-likeness (QED) is 0.857. The van der Waals surface area contributed by atoms with Crippen molar-refractivity contribution in [3.05, 3.63) is 41.9 Å². The molecule has 17 heavy (non-hydrogen) atoms. The summed E-state index contributed by atoms with van der Waals surface area (Å²) in [6.07, 6.45) is 1.59. The fourth-order valence-electron chi connectivity index (χ4n) is 1.79. The fourth-order valence-corrected chi connectivity index (χ4v) is 1.79. The number of aromatic nitrogens is 2. The summed E-state index contributed by atoms with van der Waals surface area (Å²) in [7, 11) is 0. The van der Waals surface area contributed by atoms with Gasteiger partial charge in [0.1, 0.15) is 0 Å². The molecule has 0 spiro atoms. The molecule has 0 aliphatic rings. The van der Waals surface area contributed by atoms with Crippen molar-refractivity contribution in [3.8, 4) is 0 Å². The van der Waals surface area contributed by atoms with E-state index in [1.54, 1.807) is 6.20 Å². The van der Waals surface area contributed by atoms with Crippen LogP contribution in [0.15, 0.2) is 30.5 Å². The zero-order chi connectivity index (χ0) is 12.4. The molecule has 0 fully saturated rings. The van der Waals surface area contributed by atoms with Crippen LogP contribution in [-0.4, -0.2) is 9.97 Å². The Bertz CT molecular complexity index is 571. The molecule has 0 aliphatic carbocycles. The fraction of sp³-hybridized carbons (Fsp3) is 0.286. The molecular weight excluding hydrogens is 210 g/mol. The average Bonchev–Trinajstić information content (AvgIpc) is 2.36. The molecule has 2 N–H and O–H groups in total. The van der Waals surface area contributed by atoms with E-state index in [-0.39, 0.29) is 0 Å². The van der Waals surface area contributed by atoms with E-state index in [9.17, 15) is 0 Å². The molecule has 2 rings (SSSR count). The minimum absolute atomic E-state index is 0.331. The van der Waals surface area contributed by atoms with Crippen molar-refractivity contribution in [1.29, 1.82) is 0 Å². The molecule has 0 bridgehead atoms. The molecule has 0 unspecified atom stereocenters. The van der Waals surface area contributed by atoms with Crippen molar-refractivity contribution in [2.24, 2.45) is 5.73 Å². The molecule has 2 aromatic rings. The van der Waals surface area contributed by atoms with E-state index in [4.69, 9.17) is 5.73 Å². The summed E-state index contributed by atoms with van der Waals surface area (Å²) in [5, 5.41) is 0.